The van der Waals surface area contributed by atoms with Gasteiger partial charge in [-0.3, -0.25) is 4.79 Å². The van der Waals surface area contributed by atoms with Crippen molar-refractivity contribution >= 4 is 5.78 Å². The molecule has 3 aliphatic rings. The summed E-state index contributed by atoms with van der Waals surface area (Å²) in [6, 6.07) is 6.24. The fourth-order valence-corrected chi connectivity index (χ4v) is 5.69. The number of aryl methyl sites for hydroxylation is 1. The molecule has 2 unspecified atom stereocenters. The van der Waals surface area contributed by atoms with E-state index in [-0.39, 0.29) is 16.8 Å². The number of ketones is 1. The minimum Gasteiger partial charge on any atom is -0.481 e. The van der Waals surface area contributed by atoms with Gasteiger partial charge >= 0.3 is 0 Å². The quantitative estimate of drug-likeness (QED) is 0.721. The summed E-state index contributed by atoms with van der Waals surface area (Å²) in [5, 5.41) is 0. The lowest BCUT2D eigenvalue weighted by atomic mass is 9.53. The highest BCUT2D eigenvalue weighted by molar-refractivity contribution is 5.89. The van der Waals surface area contributed by atoms with Gasteiger partial charge in [-0.2, -0.15) is 0 Å². The fraction of sp³-hybridized carbons (Fsp3) is 0.696. The first-order valence-corrected chi connectivity index (χ1v) is 10.4. The molecule has 0 spiro atoms. The van der Waals surface area contributed by atoms with Gasteiger partial charge in [0.2, 0.25) is 0 Å². The molecule has 3 atom stereocenters. The minimum atomic E-state index is -0.395. The number of rotatable bonds is 6. The second-order valence-corrected chi connectivity index (χ2v) is 8.93. The van der Waals surface area contributed by atoms with E-state index in [1.807, 2.05) is 12.1 Å². The summed E-state index contributed by atoms with van der Waals surface area (Å²) >= 11 is 0. The normalized spacial score (nSPS) is 33.1. The van der Waals surface area contributed by atoms with E-state index in [1.165, 1.54) is 24.0 Å². The van der Waals surface area contributed by atoms with E-state index >= 15 is 0 Å². The monoisotopic (exact) mass is 356 g/mol. The van der Waals surface area contributed by atoms with Gasteiger partial charge in [0.1, 0.15) is 5.75 Å². The zero-order valence-corrected chi connectivity index (χ0v) is 16.6. The van der Waals surface area contributed by atoms with Gasteiger partial charge in [-0.25, -0.2) is 0 Å². The van der Waals surface area contributed by atoms with Crippen LogP contribution in [0.2, 0.25) is 0 Å². The van der Waals surface area contributed by atoms with Gasteiger partial charge in [-0.1, -0.05) is 39.3 Å². The number of hydrogen-bond donors (Lipinski definition) is 0. The van der Waals surface area contributed by atoms with Crippen LogP contribution in [0.3, 0.4) is 0 Å². The molecule has 3 heteroatoms. The van der Waals surface area contributed by atoms with Crippen molar-refractivity contribution in [1.29, 1.82) is 0 Å². The summed E-state index contributed by atoms with van der Waals surface area (Å²) in [5.41, 5.74) is 1.78. The number of benzene rings is 1. The molecule has 0 radical (unpaired) electrons. The highest BCUT2D eigenvalue weighted by Crippen LogP contribution is 2.61. The highest BCUT2D eigenvalue weighted by atomic mass is 16.5. The SMILES string of the molecule is CCCC12c3c(C)cccc3O[C@H]1C(=O)CCC2(OCC1CC1)C(C)C. The first kappa shape index (κ1) is 18.0. The summed E-state index contributed by atoms with van der Waals surface area (Å²) < 4.78 is 13.2. The topological polar surface area (TPSA) is 35.5 Å². The van der Waals surface area contributed by atoms with Crippen LogP contribution in [0.15, 0.2) is 18.2 Å². The lowest BCUT2D eigenvalue weighted by Crippen LogP contribution is -2.66. The fourth-order valence-electron chi connectivity index (χ4n) is 5.69. The van der Waals surface area contributed by atoms with Gasteiger partial charge in [-0.15, -0.1) is 0 Å². The van der Waals surface area contributed by atoms with Crippen LogP contribution >= 0.6 is 0 Å². The van der Waals surface area contributed by atoms with Gasteiger partial charge in [0, 0.05) is 12.0 Å². The van der Waals surface area contributed by atoms with E-state index < -0.39 is 6.10 Å². The number of Topliss-reactive ketones (excluding diaryl/α,β-unsaturated/α-hetero) is 1. The van der Waals surface area contributed by atoms with Crippen molar-refractivity contribution in [2.45, 2.75) is 83.3 Å². The molecule has 2 fully saturated rings. The molecule has 1 aromatic carbocycles. The molecular weight excluding hydrogens is 324 g/mol. The second kappa shape index (κ2) is 6.37. The molecule has 26 heavy (non-hydrogen) atoms. The molecule has 1 aromatic rings. The maximum Gasteiger partial charge on any atom is 0.174 e. The Labute approximate surface area is 157 Å². The van der Waals surface area contributed by atoms with E-state index in [2.05, 4.69) is 33.8 Å². The van der Waals surface area contributed by atoms with Gasteiger partial charge in [0.05, 0.1) is 17.6 Å². The number of carbonyl (C=O) groups excluding carboxylic acids is 1. The number of ether oxygens (including phenoxy) is 2. The van der Waals surface area contributed by atoms with Crippen molar-refractivity contribution in [3.05, 3.63) is 29.3 Å². The molecule has 142 valence electrons. The lowest BCUT2D eigenvalue weighted by molar-refractivity contribution is -0.183. The Kier molecular flexibility index (Phi) is 4.42. The lowest BCUT2D eigenvalue weighted by Gasteiger charge is -2.55. The molecule has 0 amide bonds. The van der Waals surface area contributed by atoms with Gasteiger partial charge in [-0.05, 0) is 56.1 Å². The minimum absolute atomic E-state index is 0.250. The first-order valence-electron chi connectivity index (χ1n) is 10.4. The Balaban J connectivity index is 1.92. The van der Waals surface area contributed by atoms with Crippen LogP contribution in [0, 0.1) is 18.8 Å². The molecule has 1 heterocycles. The molecule has 2 saturated carbocycles. The highest BCUT2D eigenvalue weighted by Gasteiger charge is 2.68. The maximum absolute atomic E-state index is 13.0. The van der Waals surface area contributed by atoms with Crippen LogP contribution in [0.25, 0.3) is 0 Å². The molecule has 0 saturated heterocycles. The largest absolute Gasteiger partial charge is 0.481 e. The van der Waals surface area contributed by atoms with Crippen LogP contribution < -0.4 is 4.74 Å². The standard InChI is InChI=1S/C23H32O3/c1-5-12-22-20-16(4)7-6-8-19(20)26-21(22)18(24)11-13-23(22,15(2)3)25-14-17-9-10-17/h6-8,15,17,21H,5,9-14H2,1-4H3/t21-,22?,23?/m0/s1. The molecular formula is C23H32O3. The van der Waals surface area contributed by atoms with E-state index in [0.717, 1.165) is 31.6 Å². The third-order valence-electron chi connectivity index (χ3n) is 7.01. The predicted molar refractivity (Wildman–Crippen MR) is 103 cm³/mol. The number of carbonyl (C=O) groups is 1. The summed E-state index contributed by atoms with van der Waals surface area (Å²) in [6.07, 6.45) is 5.49. The van der Waals surface area contributed by atoms with E-state index in [1.54, 1.807) is 0 Å². The van der Waals surface area contributed by atoms with E-state index in [0.29, 0.717) is 18.3 Å². The zero-order chi connectivity index (χ0) is 18.5. The van der Waals surface area contributed by atoms with Crippen molar-refractivity contribution < 1.29 is 14.3 Å². The van der Waals surface area contributed by atoms with Crippen LogP contribution in [-0.2, 0) is 14.9 Å². The van der Waals surface area contributed by atoms with Crippen molar-refractivity contribution in [2.75, 3.05) is 6.61 Å². The Morgan fingerprint density at radius 2 is 2.08 bits per heavy atom. The third-order valence-corrected chi connectivity index (χ3v) is 7.01. The van der Waals surface area contributed by atoms with Crippen LogP contribution in [0.5, 0.6) is 5.75 Å². The van der Waals surface area contributed by atoms with Crippen LogP contribution in [0.4, 0.5) is 0 Å². The van der Waals surface area contributed by atoms with E-state index in [9.17, 15) is 4.79 Å². The molecule has 3 nitrogen and oxygen atoms in total. The van der Waals surface area contributed by atoms with Gasteiger partial charge < -0.3 is 9.47 Å². The van der Waals surface area contributed by atoms with Gasteiger partial charge in [0.15, 0.2) is 11.9 Å². The van der Waals surface area contributed by atoms with Crippen molar-refractivity contribution in [2.24, 2.45) is 11.8 Å². The van der Waals surface area contributed by atoms with E-state index in [4.69, 9.17) is 9.47 Å². The summed E-state index contributed by atoms with van der Waals surface area (Å²) in [4.78, 5) is 13.0. The number of fused-ring (bicyclic) bond motifs is 3. The molecule has 1 aliphatic heterocycles. The van der Waals surface area contributed by atoms with Crippen molar-refractivity contribution in [3.8, 4) is 5.75 Å². The molecule has 4 rings (SSSR count). The zero-order valence-electron chi connectivity index (χ0n) is 16.6. The average Bonchev–Trinajstić information content (AvgIpc) is 3.36. The molecule has 0 N–H and O–H groups in total. The first-order chi connectivity index (χ1) is 12.5. The molecule has 0 bridgehead atoms. The summed E-state index contributed by atoms with van der Waals surface area (Å²) in [7, 11) is 0. The molecule has 2 aliphatic carbocycles. The molecule has 0 aromatic heterocycles. The van der Waals surface area contributed by atoms with Crippen molar-refractivity contribution in [1.82, 2.24) is 0 Å². The Bertz CT molecular complexity index is 705. The van der Waals surface area contributed by atoms with Crippen molar-refractivity contribution in [3.63, 3.8) is 0 Å². The Morgan fingerprint density at radius 3 is 2.73 bits per heavy atom. The summed E-state index contributed by atoms with van der Waals surface area (Å²) in [6.45, 7) is 9.74. The second-order valence-electron chi connectivity index (χ2n) is 8.93. The Morgan fingerprint density at radius 1 is 1.31 bits per heavy atom. The average molecular weight is 357 g/mol. The predicted octanol–water partition coefficient (Wildman–Crippen LogP) is 4.98. The smallest absolute Gasteiger partial charge is 0.174 e. The summed E-state index contributed by atoms with van der Waals surface area (Å²) in [5.74, 6) is 2.19. The van der Waals surface area contributed by atoms with Crippen LogP contribution in [-0.4, -0.2) is 24.1 Å². The van der Waals surface area contributed by atoms with Crippen LogP contribution in [0.1, 0.15) is 70.4 Å². The Hall–Kier alpha value is -1.35. The maximum atomic E-state index is 13.0. The number of hydrogen-bond acceptors (Lipinski definition) is 3. The third kappa shape index (κ3) is 2.39. The van der Waals surface area contributed by atoms with Gasteiger partial charge in [0.25, 0.3) is 0 Å².